The van der Waals surface area contributed by atoms with E-state index in [4.69, 9.17) is 0 Å². The number of rotatable bonds is 2. The third-order valence-electron chi connectivity index (χ3n) is 3.36. The summed E-state index contributed by atoms with van der Waals surface area (Å²) in [6.07, 6.45) is 7.92. The summed E-state index contributed by atoms with van der Waals surface area (Å²) in [4.78, 5) is 4.66. The van der Waals surface area contributed by atoms with Crippen molar-refractivity contribution in [3.05, 3.63) is 34.7 Å². The quantitative estimate of drug-likeness (QED) is 0.922. The van der Waals surface area contributed by atoms with Crippen LogP contribution in [0.5, 0.6) is 0 Å². The molecule has 1 N–H and O–H groups in total. The van der Waals surface area contributed by atoms with Gasteiger partial charge in [-0.2, -0.15) is 0 Å². The van der Waals surface area contributed by atoms with E-state index in [0.717, 1.165) is 29.0 Å². The zero-order chi connectivity index (χ0) is 11.7. The second-order valence-electron chi connectivity index (χ2n) is 4.76. The van der Waals surface area contributed by atoms with Gasteiger partial charge >= 0.3 is 0 Å². The topological polar surface area (TPSA) is 29.3 Å². The van der Waals surface area contributed by atoms with Gasteiger partial charge in [0.2, 0.25) is 0 Å². The zero-order valence-corrected chi connectivity index (χ0v) is 11.3. The van der Waals surface area contributed by atoms with Gasteiger partial charge in [-0.25, -0.2) is 4.98 Å². The fourth-order valence-electron chi connectivity index (χ4n) is 2.51. The third-order valence-corrected chi connectivity index (χ3v) is 3.83. The molecule has 3 heterocycles. The lowest BCUT2D eigenvalue weighted by molar-refractivity contribution is 0.374. The number of aromatic nitrogens is 2. The van der Waals surface area contributed by atoms with E-state index in [2.05, 4.69) is 43.0 Å². The van der Waals surface area contributed by atoms with Crippen molar-refractivity contribution in [3.8, 4) is 0 Å². The Morgan fingerprint density at radius 1 is 1.41 bits per heavy atom. The van der Waals surface area contributed by atoms with Crippen LogP contribution in [0.25, 0.3) is 5.65 Å². The first-order valence-electron chi connectivity index (χ1n) is 6.15. The highest BCUT2D eigenvalue weighted by Crippen LogP contribution is 2.18. The molecule has 0 bridgehead atoms. The average molecular weight is 294 g/mol. The van der Waals surface area contributed by atoms with Crippen LogP contribution in [-0.4, -0.2) is 22.5 Å². The predicted molar refractivity (Wildman–Crippen MR) is 72.2 cm³/mol. The van der Waals surface area contributed by atoms with Crippen LogP contribution in [0.1, 0.15) is 18.5 Å². The number of hydrogen-bond acceptors (Lipinski definition) is 2. The van der Waals surface area contributed by atoms with Gasteiger partial charge in [-0.15, -0.1) is 0 Å². The van der Waals surface area contributed by atoms with Crippen LogP contribution in [-0.2, 0) is 6.42 Å². The summed E-state index contributed by atoms with van der Waals surface area (Å²) in [6.45, 7) is 2.31. The molecule has 2 aromatic rings. The molecule has 1 aliphatic heterocycles. The lowest BCUT2D eigenvalue weighted by atomic mass is 9.95. The van der Waals surface area contributed by atoms with E-state index in [1.54, 1.807) is 0 Å². The monoisotopic (exact) mass is 293 g/mol. The molecule has 1 unspecified atom stereocenters. The van der Waals surface area contributed by atoms with Crippen LogP contribution in [0.3, 0.4) is 0 Å². The van der Waals surface area contributed by atoms with Gasteiger partial charge in [0.25, 0.3) is 0 Å². The average Bonchev–Trinajstić information content (AvgIpc) is 2.71. The van der Waals surface area contributed by atoms with E-state index in [0.29, 0.717) is 0 Å². The normalized spacial score (nSPS) is 20.9. The fourth-order valence-corrected chi connectivity index (χ4v) is 2.86. The van der Waals surface area contributed by atoms with Crippen molar-refractivity contribution in [2.75, 3.05) is 13.1 Å². The Morgan fingerprint density at radius 3 is 3.18 bits per heavy atom. The maximum atomic E-state index is 4.66. The minimum atomic E-state index is 0.747. The van der Waals surface area contributed by atoms with E-state index in [9.17, 15) is 0 Å². The van der Waals surface area contributed by atoms with Crippen molar-refractivity contribution in [1.29, 1.82) is 0 Å². The van der Waals surface area contributed by atoms with Crippen molar-refractivity contribution in [2.45, 2.75) is 19.3 Å². The summed E-state index contributed by atoms with van der Waals surface area (Å²) in [7, 11) is 0. The van der Waals surface area contributed by atoms with E-state index < -0.39 is 0 Å². The van der Waals surface area contributed by atoms with Crippen LogP contribution in [0.2, 0.25) is 0 Å². The number of nitrogens with zero attached hydrogens (tertiary/aromatic N) is 2. The lowest BCUT2D eigenvalue weighted by Gasteiger charge is -2.21. The summed E-state index contributed by atoms with van der Waals surface area (Å²) < 4.78 is 3.18. The number of fused-ring (bicyclic) bond motifs is 1. The maximum absolute atomic E-state index is 4.66. The highest BCUT2D eigenvalue weighted by Gasteiger charge is 2.15. The van der Waals surface area contributed by atoms with Gasteiger partial charge in [0.1, 0.15) is 5.65 Å². The minimum absolute atomic E-state index is 0.747. The largest absolute Gasteiger partial charge is 0.316 e. The van der Waals surface area contributed by atoms with Crippen molar-refractivity contribution < 1.29 is 0 Å². The van der Waals surface area contributed by atoms with Crippen LogP contribution in [0.15, 0.2) is 29.0 Å². The van der Waals surface area contributed by atoms with Gasteiger partial charge in [0.15, 0.2) is 0 Å². The molecular weight excluding hydrogens is 278 g/mol. The van der Waals surface area contributed by atoms with Gasteiger partial charge in [-0.05, 0) is 66.3 Å². The van der Waals surface area contributed by atoms with E-state index in [1.165, 1.54) is 25.1 Å². The maximum Gasteiger partial charge on any atom is 0.137 e. The van der Waals surface area contributed by atoms with Crippen LogP contribution in [0, 0.1) is 5.92 Å². The van der Waals surface area contributed by atoms with Gasteiger partial charge in [0, 0.05) is 16.9 Å². The molecule has 0 spiro atoms. The van der Waals surface area contributed by atoms with Crippen LogP contribution in [0.4, 0.5) is 0 Å². The molecule has 1 aliphatic rings. The molecule has 90 valence electrons. The molecule has 0 amide bonds. The number of nitrogens with one attached hydrogen (secondary N) is 1. The predicted octanol–water partition coefficient (Wildman–Crippen LogP) is 2.64. The number of pyridine rings is 1. The number of imidazole rings is 1. The van der Waals surface area contributed by atoms with Crippen molar-refractivity contribution in [2.24, 2.45) is 5.92 Å². The zero-order valence-electron chi connectivity index (χ0n) is 9.69. The van der Waals surface area contributed by atoms with E-state index in [-0.39, 0.29) is 0 Å². The van der Waals surface area contributed by atoms with Crippen LogP contribution < -0.4 is 5.32 Å². The standard InChI is InChI=1S/C13H16BrN3/c14-11-3-4-13-16-12(9-17(13)8-11)6-10-2-1-5-15-7-10/h3-4,8-10,15H,1-2,5-7H2. The second-order valence-corrected chi connectivity index (χ2v) is 5.68. The Balaban J connectivity index is 1.80. The summed E-state index contributed by atoms with van der Waals surface area (Å²) >= 11 is 3.48. The Kier molecular flexibility index (Phi) is 3.16. The number of hydrogen-bond donors (Lipinski definition) is 1. The van der Waals surface area contributed by atoms with Crippen molar-refractivity contribution >= 4 is 21.6 Å². The fraction of sp³-hybridized carbons (Fsp3) is 0.462. The first-order valence-corrected chi connectivity index (χ1v) is 6.94. The first-order chi connectivity index (χ1) is 8.31. The first kappa shape index (κ1) is 11.2. The molecule has 1 saturated heterocycles. The summed E-state index contributed by atoms with van der Waals surface area (Å²) in [5.41, 5.74) is 2.24. The molecule has 0 radical (unpaired) electrons. The smallest absolute Gasteiger partial charge is 0.137 e. The lowest BCUT2D eigenvalue weighted by Crippen LogP contribution is -2.30. The summed E-state index contributed by atoms with van der Waals surface area (Å²) in [6, 6.07) is 4.08. The molecule has 4 heteroatoms. The summed E-state index contributed by atoms with van der Waals surface area (Å²) in [5.74, 6) is 0.747. The Labute approximate surface area is 109 Å². The molecule has 0 saturated carbocycles. The number of piperidine rings is 1. The second kappa shape index (κ2) is 4.78. The van der Waals surface area contributed by atoms with Gasteiger partial charge in [-0.1, -0.05) is 0 Å². The van der Waals surface area contributed by atoms with Crippen molar-refractivity contribution in [3.63, 3.8) is 0 Å². The Bertz CT molecular complexity index is 514. The SMILES string of the molecule is Brc1ccc2nc(CC3CCCNC3)cn2c1. The highest BCUT2D eigenvalue weighted by molar-refractivity contribution is 9.10. The molecule has 0 aromatic carbocycles. The highest BCUT2D eigenvalue weighted by atomic mass is 79.9. The van der Waals surface area contributed by atoms with Crippen molar-refractivity contribution in [1.82, 2.24) is 14.7 Å². The molecule has 3 rings (SSSR count). The van der Waals surface area contributed by atoms with Gasteiger partial charge in [-0.3, -0.25) is 0 Å². The molecule has 1 fully saturated rings. The molecule has 2 aromatic heterocycles. The van der Waals surface area contributed by atoms with Gasteiger partial charge in [0.05, 0.1) is 5.69 Å². The summed E-state index contributed by atoms with van der Waals surface area (Å²) in [5, 5.41) is 3.46. The van der Waals surface area contributed by atoms with E-state index >= 15 is 0 Å². The molecule has 17 heavy (non-hydrogen) atoms. The van der Waals surface area contributed by atoms with Crippen LogP contribution >= 0.6 is 15.9 Å². The minimum Gasteiger partial charge on any atom is -0.316 e. The number of halogens is 1. The van der Waals surface area contributed by atoms with Gasteiger partial charge < -0.3 is 9.72 Å². The third kappa shape index (κ3) is 2.53. The molecule has 0 aliphatic carbocycles. The van der Waals surface area contributed by atoms with E-state index in [1.807, 2.05) is 12.1 Å². The molecule has 1 atom stereocenters. The Hall–Kier alpha value is -0.870. The molecule has 3 nitrogen and oxygen atoms in total. The molecular formula is C13H16BrN3. The Morgan fingerprint density at radius 2 is 2.35 bits per heavy atom.